The van der Waals surface area contributed by atoms with E-state index in [1.54, 1.807) is 0 Å². The molecule has 2 rings (SSSR count). The van der Waals surface area contributed by atoms with Crippen molar-refractivity contribution < 1.29 is 29.2 Å². The molecule has 42 heavy (non-hydrogen) atoms. The van der Waals surface area contributed by atoms with Crippen LogP contribution in [0.4, 0.5) is 0 Å². The first-order valence-electron chi connectivity index (χ1n) is 16.5. The van der Waals surface area contributed by atoms with Gasteiger partial charge in [-0.2, -0.15) is 0 Å². The monoisotopic (exact) mass is 588 g/mol. The van der Waals surface area contributed by atoms with Gasteiger partial charge >= 0.3 is 0 Å². The van der Waals surface area contributed by atoms with Crippen LogP contribution < -0.4 is 4.74 Å². The lowest BCUT2D eigenvalue weighted by Crippen LogP contribution is -2.11. The van der Waals surface area contributed by atoms with Gasteiger partial charge in [0.15, 0.2) is 0 Å². The molecule has 0 heterocycles. The highest BCUT2D eigenvalue weighted by molar-refractivity contribution is 5.41. The van der Waals surface area contributed by atoms with Gasteiger partial charge in [-0.3, -0.25) is 0 Å². The van der Waals surface area contributed by atoms with Crippen molar-refractivity contribution in [2.75, 3.05) is 52.9 Å². The van der Waals surface area contributed by atoms with Crippen molar-refractivity contribution in [1.29, 1.82) is 0 Å². The minimum absolute atomic E-state index is 0.0413. The molecule has 0 bridgehead atoms. The fourth-order valence-corrected chi connectivity index (χ4v) is 4.60. The number of para-hydroxylation sites is 2. The molecule has 0 fully saturated rings. The summed E-state index contributed by atoms with van der Waals surface area (Å²) in [6.07, 6.45) is 18.2. The second kappa shape index (κ2) is 29.1. The third-order valence-electron chi connectivity index (χ3n) is 6.98. The van der Waals surface area contributed by atoms with Crippen LogP contribution in [0.15, 0.2) is 48.5 Å². The fourth-order valence-electron chi connectivity index (χ4n) is 4.60. The Hall–Kier alpha value is -1.96. The van der Waals surface area contributed by atoms with Crippen LogP contribution in [-0.2, 0) is 27.1 Å². The lowest BCUT2D eigenvalue weighted by Gasteiger charge is -2.14. The zero-order valence-corrected chi connectivity index (χ0v) is 26.7. The summed E-state index contributed by atoms with van der Waals surface area (Å²) in [5.74, 6) is 2.08. The van der Waals surface area contributed by atoms with Crippen LogP contribution >= 0.6 is 0 Å². The van der Waals surface area contributed by atoms with E-state index < -0.39 is 0 Å². The van der Waals surface area contributed by atoms with Crippen LogP contribution in [0.3, 0.4) is 0 Å². The standard InChI is InChI=1S/C28H42O.C8H18O5/c1-3-5-7-9-11-13-19-25-21-15-17-23-27(25)29-28-24-18-16-22-26(28)20-14-12-10-8-6-4-2;9-1-3-11-5-7-13-8-6-12-4-2-10/h15-18,21-24H,3-14,19-20H2,1-2H3;9-10H,1-8H2. The quantitative estimate of drug-likeness (QED) is 0.108. The molecule has 2 aromatic carbocycles. The molecule has 0 atom stereocenters. The number of ether oxygens (including phenoxy) is 4. The molecule has 0 amide bonds. The number of hydrogen-bond acceptors (Lipinski definition) is 6. The molecule has 6 nitrogen and oxygen atoms in total. The Balaban J connectivity index is 0.000000572. The third kappa shape index (κ3) is 20.8. The van der Waals surface area contributed by atoms with E-state index in [4.69, 9.17) is 29.2 Å². The highest BCUT2D eigenvalue weighted by atomic mass is 16.5. The predicted molar refractivity (Wildman–Crippen MR) is 174 cm³/mol. The maximum absolute atomic E-state index is 8.36. The number of benzene rings is 2. The van der Waals surface area contributed by atoms with Gasteiger partial charge in [0.1, 0.15) is 11.5 Å². The molecular weight excluding hydrogens is 528 g/mol. The average molecular weight is 589 g/mol. The molecule has 2 aromatic rings. The lowest BCUT2D eigenvalue weighted by atomic mass is 10.0. The van der Waals surface area contributed by atoms with Crippen molar-refractivity contribution in [3.8, 4) is 11.5 Å². The van der Waals surface area contributed by atoms with E-state index in [2.05, 4.69) is 62.4 Å². The number of aryl methyl sites for hydroxylation is 2. The van der Waals surface area contributed by atoms with Crippen LogP contribution in [-0.4, -0.2) is 63.1 Å². The molecule has 0 aromatic heterocycles. The van der Waals surface area contributed by atoms with Gasteiger partial charge in [0.25, 0.3) is 0 Å². The molecule has 0 radical (unpaired) electrons. The Morgan fingerprint density at radius 3 is 1.21 bits per heavy atom. The zero-order valence-electron chi connectivity index (χ0n) is 26.7. The average Bonchev–Trinajstić information content (AvgIpc) is 3.01. The molecule has 0 saturated heterocycles. The topological polar surface area (TPSA) is 77.4 Å². The number of hydrogen-bond donors (Lipinski definition) is 2. The van der Waals surface area contributed by atoms with Gasteiger partial charge in [0, 0.05) is 0 Å². The van der Waals surface area contributed by atoms with Gasteiger partial charge in [-0.15, -0.1) is 0 Å². The summed E-state index contributed by atoms with van der Waals surface area (Å²) < 4.78 is 21.5. The highest BCUT2D eigenvalue weighted by Gasteiger charge is 2.08. The molecular formula is C36H60O6. The number of aliphatic hydroxyl groups is 2. The molecule has 0 aliphatic carbocycles. The summed E-state index contributed by atoms with van der Waals surface area (Å²) in [5.41, 5.74) is 2.69. The summed E-state index contributed by atoms with van der Waals surface area (Å²) in [6, 6.07) is 17.2. The van der Waals surface area contributed by atoms with E-state index in [1.807, 2.05) is 0 Å². The Kier molecular flexibility index (Phi) is 26.4. The number of unbranched alkanes of at least 4 members (excludes halogenated alkanes) is 10. The molecule has 0 unspecified atom stereocenters. The molecule has 0 aliphatic rings. The Morgan fingerprint density at radius 1 is 0.452 bits per heavy atom. The molecule has 2 N–H and O–H groups in total. The summed E-state index contributed by atoms with van der Waals surface area (Å²) >= 11 is 0. The van der Waals surface area contributed by atoms with Crippen molar-refractivity contribution in [3.63, 3.8) is 0 Å². The predicted octanol–water partition coefficient (Wildman–Crippen LogP) is 8.31. The lowest BCUT2D eigenvalue weighted by molar-refractivity contribution is 0.00230. The van der Waals surface area contributed by atoms with Gasteiger partial charge < -0.3 is 29.2 Å². The summed E-state index contributed by atoms with van der Waals surface area (Å²) in [7, 11) is 0. The zero-order chi connectivity index (χ0) is 30.4. The van der Waals surface area contributed by atoms with Crippen LogP contribution in [0, 0.1) is 0 Å². The maximum Gasteiger partial charge on any atom is 0.130 e. The second-order valence-corrected chi connectivity index (χ2v) is 10.6. The normalized spacial score (nSPS) is 10.9. The van der Waals surface area contributed by atoms with E-state index in [-0.39, 0.29) is 13.2 Å². The van der Waals surface area contributed by atoms with Crippen molar-refractivity contribution in [3.05, 3.63) is 59.7 Å². The maximum atomic E-state index is 8.36. The van der Waals surface area contributed by atoms with Crippen LogP contribution in [0.1, 0.15) is 102 Å². The largest absolute Gasteiger partial charge is 0.457 e. The van der Waals surface area contributed by atoms with Gasteiger partial charge in [0.2, 0.25) is 0 Å². The Morgan fingerprint density at radius 2 is 0.810 bits per heavy atom. The van der Waals surface area contributed by atoms with Crippen LogP contribution in [0.25, 0.3) is 0 Å². The smallest absolute Gasteiger partial charge is 0.130 e. The molecule has 0 spiro atoms. The van der Waals surface area contributed by atoms with Crippen LogP contribution in [0.5, 0.6) is 11.5 Å². The van der Waals surface area contributed by atoms with Crippen molar-refractivity contribution >= 4 is 0 Å². The van der Waals surface area contributed by atoms with Gasteiger partial charge in [0.05, 0.1) is 52.9 Å². The number of aliphatic hydroxyl groups excluding tert-OH is 2. The van der Waals surface area contributed by atoms with Crippen molar-refractivity contribution in [2.24, 2.45) is 0 Å². The SMILES string of the molecule is CCCCCCCCc1ccccc1Oc1ccccc1CCCCCCCC.OCCOCCOCCOCCO. The highest BCUT2D eigenvalue weighted by Crippen LogP contribution is 2.30. The second-order valence-electron chi connectivity index (χ2n) is 10.6. The minimum Gasteiger partial charge on any atom is -0.457 e. The first-order valence-corrected chi connectivity index (χ1v) is 16.5. The molecule has 0 saturated carbocycles. The van der Waals surface area contributed by atoms with Crippen molar-refractivity contribution in [1.82, 2.24) is 0 Å². The van der Waals surface area contributed by atoms with E-state index in [0.717, 1.165) is 24.3 Å². The van der Waals surface area contributed by atoms with E-state index >= 15 is 0 Å². The molecule has 6 heteroatoms. The van der Waals surface area contributed by atoms with Gasteiger partial charge in [-0.25, -0.2) is 0 Å². The fraction of sp³-hybridized carbons (Fsp3) is 0.667. The summed E-state index contributed by atoms with van der Waals surface area (Å²) in [6.45, 7) is 7.32. The molecule has 0 aliphatic heterocycles. The van der Waals surface area contributed by atoms with Crippen molar-refractivity contribution in [2.45, 2.75) is 104 Å². The first kappa shape index (κ1) is 38.1. The molecule has 240 valence electrons. The van der Waals surface area contributed by atoms with Crippen LogP contribution in [0.2, 0.25) is 0 Å². The van der Waals surface area contributed by atoms with E-state index in [1.165, 1.54) is 88.2 Å². The van der Waals surface area contributed by atoms with Gasteiger partial charge in [-0.05, 0) is 48.9 Å². The summed E-state index contributed by atoms with van der Waals surface area (Å²) in [5, 5.41) is 16.7. The minimum atomic E-state index is 0.0413. The number of rotatable bonds is 26. The van der Waals surface area contributed by atoms with Gasteiger partial charge in [-0.1, -0.05) is 114 Å². The van der Waals surface area contributed by atoms with E-state index in [9.17, 15) is 0 Å². The Bertz CT molecular complexity index is 776. The third-order valence-corrected chi connectivity index (χ3v) is 6.98. The van der Waals surface area contributed by atoms with E-state index in [0.29, 0.717) is 39.6 Å². The Labute approximate surface area is 256 Å². The summed E-state index contributed by atoms with van der Waals surface area (Å²) in [4.78, 5) is 0. The first-order chi connectivity index (χ1) is 20.8.